The zero-order chi connectivity index (χ0) is 14.2. The molecule has 3 heteroatoms. The van der Waals surface area contributed by atoms with Crippen molar-refractivity contribution in [3.05, 3.63) is 65.6 Å². The van der Waals surface area contributed by atoms with E-state index in [1.807, 2.05) is 35.9 Å². The summed E-state index contributed by atoms with van der Waals surface area (Å²) in [4.78, 5) is 4.57. The Labute approximate surface area is 124 Å². The summed E-state index contributed by atoms with van der Waals surface area (Å²) in [7, 11) is 0. The van der Waals surface area contributed by atoms with E-state index in [0.29, 0.717) is 0 Å². The summed E-state index contributed by atoms with van der Waals surface area (Å²) < 4.78 is 8.35. The lowest BCUT2D eigenvalue weighted by molar-refractivity contribution is 0.185. The number of aromatic nitrogens is 2. The molecule has 21 heavy (non-hydrogen) atoms. The third-order valence-corrected chi connectivity index (χ3v) is 4.15. The van der Waals surface area contributed by atoms with Crippen LogP contribution >= 0.6 is 0 Å². The van der Waals surface area contributed by atoms with Crippen molar-refractivity contribution in [2.45, 2.75) is 32.3 Å². The van der Waals surface area contributed by atoms with Crippen LogP contribution in [0.2, 0.25) is 0 Å². The molecule has 2 heterocycles. The molecule has 0 saturated carbocycles. The lowest BCUT2D eigenvalue weighted by Gasteiger charge is -2.26. The van der Waals surface area contributed by atoms with E-state index in [1.54, 1.807) is 0 Å². The molecule has 0 N–H and O–H groups in total. The highest BCUT2D eigenvalue weighted by atomic mass is 16.5. The molecule has 0 fully saturated rings. The Kier molecular flexibility index (Phi) is 2.92. The molecule has 3 aromatic rings. The van der Waals surface area contributed by atoms with Crippen LogP contribution in [-0.4, -0.2) is 9.38 Å². The van der Waals surface area contributed by atoms with E-state index in [4.69, 9.17) is 4.74 Å². The number of rotatable bonds is 2. The molecule has 0 aliphatic heterocycles. The van der Waals surface area contributed by atoms with E-state index in [1.165, 1.54) is 17.5 Å². The van der Waals surface area contributed by atoms with Gasteiger partial charge in [-0.15, -0.1) is 0 Å². The van der Waals surface area contributed by atoms with Crippen LogP contribution in [-0.2, 0) is 6.42 Å². The fourth-order valence-electron chi connectivity index (χ4n) is 3.19. The first-order chi connectivity index (χ1) is 10.3. The summed E-state index contributed by atoms with van der Waals surface area (Å²) in [5.41, 5.74) is 4.66. The van der Waals surface area contributed by atoms with Gasteiger partial charge >= 0.3 is 0 Å². The Morgan fingerprint density at radius 2 is 2.10 bits per heavy atom. The quantitative estimate of drug-likeness (QED) is 0.705. The van der Waals surface area contributed by atoms with Crippen molar-refractivity contribution in [3.8, 4) is 5.75 Å². The van der Waals surface area contributed by atoms with E-state index < -0.39 is 0 Å². The minimum atomic E-state index is 0.137. The first kappa shape index (κ1) is 12.5. The minimum Gasteiger partial charge on any atom is -0.482 e. The van der Waals surface area contributed by atoms with E-state index in [2.05, 4.69) is 29.2 Å². The summed E-state index contributed by atoms with van der Waals surface area (Å²) in [6, 6.07) is 12.6. The van der Waals surface area contributed by atoms with Crippen LogP contribution in [0.25, 0.3) is 5.65 Å². The number of imidazole rings is 1. The van der Waals surface area contributed by atoms with Crippen LogP contribution in [0.1, 0.15) is 35.8 Å². The number of ether oxygens (including phenoxy) is 1. The number of aryl methyl sites for hydroxylation is 2. The zero-order valence-electron chi connectivity index (χ0n) is 12.1. The van der Waals surface area contributed by atoms with Crippen molar-refractivity contribution in [3.63, 3.8) is 0 Å². The number of hydrogen-bond donors (Lipinski definition) is 0. The lowest BCUT2D eigenvalue weighted by Crippen LogP contribution is -2.15. The third-order valence-electron chi connectivity index (χ3n) is 4.15. The zero-order valence-corrected chi connectivity index (χ0v) is 12.1. The number of fused-ring (bicyclic) bond motifs is 2. The molecule has 0 spiro atoms. The molecule has 0 saturated heterocycles. The van der Waals surface area contributed by atoms with Crippen LogP contribution in [0.15, 0.2) is 48.8 Å². The Balaban J connectivity index is 1.73. The first-order valence-corrected chi connectivity index (χ1v) is 7.50. The van der Waals surface area contributed by atoms with Gasteiger partial charge in [-0.05, 0) is 49.4 Å². The molecule has 1 aliphatic carbocycles. The predicted octanol–water partition coefficient (Wildman–Crippen LogP) is 4.10. The second-order valence-electron chi connectivity index (χ2n) is 5.68. The maximum atomic E-state index is 6.33. The second-order valence-corrected chi connectivity index (χ2v) is 5.68. The molecule has 1 atom stereocenters. The third kappa shape index (κ3) is 2.19. The van der Waals surface area contributed by atoms with Crippen LogP contribution in [0.3, 0.4) is 0 Å². The van der Waals surface area contributed by atoms with Crippen LogP contribution in [0.5, 0.6) is 5.75 Å². The standard InChI is InChI=1S/C18H18N2O/c1-13-12-20-11-5-10-17(18(20)19-13)21-16-9-4-7-14-6-2-3-8-15(14)16/h2-3,5-6,8,10-12,16H,4,7,9H2,1H3. The minimum absolute atomic E-state index is 0.137. The number of nitrogens with zero attached hydrogens (tertiary/aromatic N) is 2. The van der Waals surface area contributed by atoms with Crippen molar-refractivity contribution in [1.29, 1.82) is 0 Å². The lowest BCUT2D eigenvalue weighted by atomic mass is 9.89. The van der Waals surface area contributed by atoms with Gasteiger partial charge in [-0.3, -0.25) is 0 Å². The normalized spacial score (nSPS) is 17.7. The molecule has 3 nitrogen and oxygen atoms in total. The predicted molar refractivity (Wildman–Crippen MR) is 82.7 cm³/mol. The van der Waals surface area contributed by atoms with Gasteiger partial charge in [-0.1, -0.05) is 24.3 Å². The van der Waals surface area contributed by atoms with Gasteiger partial charge in [-0.2, -0.15) is 0 Å². The number of pyridine rings is 1. The topological polar surface area (TPSA) is 26.5 Å². The Bertz CT molecular complexity index is 791. The Hall–Kier alpha value is -2.29. The highest BCUT2D eigenvalue weighted by molar-refractivity contribution is 5.54. The van der Waals surface area contributed by atoms with Gasteiger partial charge < -0.3 is 9.14 Å². The number of benzene rings is 1. The Morgan fingerprint density at radius 3 is 3.05 bits per heavy atom. The summed E-state index contributed by atoms with van der Waals surface area (Å²) in [6.07, 6.45) is 7.57. The monoisotopic (exact) mass is 278 g/mol. The maximum Gasteiger partial charge on any atom is 0.179 e. The van der Waals surface area contributed by atoms with Crippen LogP contribution in [0, 0.1) is 6.92 Å². The van der Waals surface area contributed by atoms with Gasteiger partial charge in [0, 0.05) is 12.4 Å². The molecule has 0 radical (unpaired) electrons. The average molecular weight is 278 g/mol. The van der Waals surface area contributed by atoms with Crippen LogP contribution in [0.4, 0.5) is 0 Å². The SMILES string of the molecule is Cc1cn2cccc(OC3CCCc4ccccc43)c2n1. The fraction of sp³-hybridized carbons (Fsp3) is 0.278. The second kappa shape index (κ2) is 4.92. The largest absolute Gasteiger partial charge is 0.482 e. The summed E-state index contributed by atoms with van der Waals surface area (Å²) >= 11 is 0. The average Bonchev–Trinajstić information content (AvgIpc) is 2.89. The van der Waals surface area contributed by atoms with Crippen LogP contribution < -0.4 is 4.74 Å². The van der Waals surface area contributed by atoms with Crippen molar-refractivity contribution in [2.75, 3.05) is 0 Å². The Morgan fingerprint density at radius 1 is 1.19 bits per heavy atom. The molecular formula is C18H18N2O. The van der Waals surface area contributed by atoms with Gasteiger partial charge in [0.15, 0.2) is 11.4 Å². The van der Waals surface area contributed by atoms with Gasteiger partial charge in [0.2, 0.25) is 0 Å². The highest BCUT2D eigenvalue weighted by Crippen LogP contribution is 2.34. The van der Waals surface area contributed by atoms with Crippen molar-refractivity contribution in [2.24, 2.45) is 0 Å². The van der Waals surface area contributed by atoms with E-state index in [0.717, 1.165) is 29.9 Å². The van der Waals surface area contributed by atoms with Crippen molar-refractivity contribution < 1.29 is 4.74 Å². The highest BCUT2D eigenvalue weighted by Gasteiger charge is 2.22. The molecule has 0 bridgehead atoms. The van der Waals surface area contributed by atoms with Gasteiger partial charge in [0.25, 0.3) is 0 Å². The fourth-order valence-corrected chi connectivity index (χ4v) is 3.19. The van der Waals surface area contributed by atoms with Gasteiger partial charge in [-0.25, -0.2) is 4.98 Å². The molecule has 4 rings (SSSR count). The smallest absolute Gasteiger partial charge is 0.179 e. The van der Waals surface area contributed by atoms with Crippen molar-refractivity contribution in [1.82, 2.24) is 9.38 Å². The summed E-state index contributed by atoms with van der Waals surface area (Å²) in [5, 5.41) is 0. The van der Waals surface area contributed by atoms with E-state index >= 15 is 0 Å². The van der Waals surface area contributed by atoms with Gasteiger partial charge in [0.05, 0.1) is 5.69 Å². The first-order valence-electron chi connectivity index (χ1n) is 7.50. The molecule has 1 aromatic carbocycles. The molecule has 2 aromatic heterocycles. The molecule has 0 amide bonds. The van der Waals surface area contributed by atoms with E-state index in [-0.39, 0.29) is 6.10 Å². The summed E-state index contributed by atoms with van der Waals surface area (Å²) in [6.45, 7) is 2.01. The van der Waals surface area contributed by atoms with Crippen molar-refractivity contribution >= 4 is 5.65 Å². The number of hydrogen-bond acceptors (Lipinski definition) is 2. The summed E-state index contributed by atoms with van der Waals surface area (Å²) in [5.74, 6) is 0.868. The molecule has 1 aliphatic rings. The molecule has 1 unspecified atom stereocenters. The van der Waals surface area contributed by atoms with Gasteiger partial charge in [0.1, 0.15) is 6.10 Å². The molecular weight excluding hydrogens is 260 g/mol. The van der Waals surface area contributed by atoms with E-state index in [9.17, 15) is 0 Å². The molecule has 106 valence electrons. The maximum absolute atomic E-state index is 6.33.